The summed E-state index contributed by atoms with van der Waals surface area (Å²) in [7, 11) is 3.00. The molecule has 0 aliphatic heterocycles. The van der Waals surface area contributed by atoms with E-state index in [0.29, 0.717) is 6.42 Å². The topological polar surface area (TPSA) is 48.4 Å². The van der Waals surface area contributed by atoms with E-state index in [9.17, 15) is 4.79 Å². The maximum atomic E-state index is 11.1. The van der Waals surface area contributed by atoms with Crippen LogP contribution in [-0.4, -0.2) is 30.0 Å². The molecule has 0 aliphatic carbocycles. The van der Waals surface area contributed by atoms with Crippen LogP contribution in [0.15, 0.2) is 42.6 Å². The summed E-state index contributed by atoms with van der Waals surface area (Å²) >= 11 is 3.27. The number of pyridine rings is 1. The van der Waals surface area contributed by atoms with Gasteiger partial charge in [0.05, 0.1) is 14.2 Å². The summed E-state index contributed by atoms with van der Waals surface area (Å²) < 4.78 is 9.66. The van der Waals surface area contributed by atoms with Crippen molar-refractivity contribution in [2.24, 2.45) is 0 Å². The van der Waals surface area contributed by atoms with Gasteiger partial charge in [-0.1, -0.05) is 48.0 Å². The van der Waals surface area contributed by atoms with E-state index in [-0.39, 0.29) is 10.8 Å². The molecule has 2 aromatic rings. The third kappa shape index (κ3) is 7.69. The second-order valence-corrected chi connectivity index (χ2v) is 6.51. The van der Waals surface area contributed by atoms with Crippen molar-refractivity contribution in [1.29, 1.82) is 0 Å². The zero-order valence-corrected chi connectivity index (χ0v) is 16.9. The Labute approximate surface area is 158 Å². The Morgan fingerprint density at radius 3 is 2.12 bits per heavy atom. The lowest BCUT2D eigenvalue weighted by atomic mass is 10.1. The van der Waals surface area contributed by atoms with Crippen LogP contribution in [0.5, 0.6) is 5.75 Å². The van der Waals surface area contributed by atoms with Gasteiger partial charge in [0.1, 0.15) is 10.6 Å². The van der Waals surface area contributed by atoms with Crippen molar-refractivity contribution < 1.29 is 14.3 Å². The molecule has 1 atom stereocenters. The second-order valence-electron chi connectivity index (χ2n) is 5.41. The summed E-state index contributed by atoms with van der Waals surface area (Å²) in [5.41, 5.74) is 3.55. The zero-order chi connectivity index (χ0) is 18.7. The number of carbonyl (C=O) groups excluding carboxylic acids is 1. The maximum Gasteiger partial charge on any atom is 0.319 e. The molecule has 2 rings (SSSR count). The highest BCUT2D eigenvalue weighted by atomic mass is 79.9. The first-order chi connectivity index (χ1) is 12.0. The first-order valence-electron chi connectivity index (χ1n) is 8.32. The quantitative estimate of drug-likeness (QED) is 0.526. The number of aryl methyl sites for hydroxylation is 2. The van der Waals surface area contributed by atoms with Crippen LogP contribution in [0.1, 0.15) is 30.7 Å². The third-order valence-electron chi connectivity index (χ3n) is 3.69. The number of nitrogens with zero attached hydrogens (tertiary/aromatic N) is 1. The molecule has 0 aliphatic rings. The van der Waals surface area contributed by atoms with Crippen molar-refractivity contribution in [3.05, 3.63) is 59.4 Å². The van der Waals surface area contributed by atoms with Gasteiger partial charge >= 0.3 is 5.97 Å². The minimum Gasteiger partial charge on any atom is -0.497 e. The van der Waals surface area contributed by atoms with Crippen LogP contribution in [0.3, 0.4) is 0 Å². The lowest BCUT2D eigenvalue weighted by molar-refractivity contribution is -0.139. The second kappa shape index (κ2) is 11.6. The molecule has 0 fully saturated rings. The van der Waals surface area contributed by atoms with Gasteiger partial charge in [0, 0.05) is 11.9 Å². The Morgan fingerprint density at radius 1 is 1.04 bits per heavy atom. The lowest BCUT2D eigenvalue weighted by Crippen LogP contribution is -2.17. The van der Waals surface area contributed by atoms with Gasteiger partial charge in [-0.05, 0) is 48.6 Å². The number of hydrogen-bond acceptors (Lipinski definition) is 4. The van der Waals surface area contributed by atoms with Crippen molar-refractivity contribution >= 4 is 21.9 Å². The van der Waals surface area contributed by atoms with E-state index in [1.54, 1.807) is 7.11 Å². The van der Waals surface area contributed by atoms with Crippen LogP contribution in [-0.2, 0) is 28.8 Å². The van der Waals surface area contributed by atoms with Crippen molar-refractivity contribution in [1.82, 2.24) is 4.98 Å². The summed E-state index contributed by atoms with van der Waals surface area (Å²) in [6.45, 7) is 4.26. The van der Waals surface area contributed by atoms with E-state index in [1.807, 2.05) is 30.5 Å². The number of esters is 1. The SMILES string of the molecule is CCc1ccc(CC)nc1.COC(=O)C(Br)Cc1ccc(OC)cc1. The smallest absolute Gasteiger partial charge is 0.319 e. The molecule has 1 heterocycles. The minimum absolute atomic E-state index is 0.259. The van der Waals surface area contributed by atoms with Gasteiger partial charge in [-0.2, -0.15) is 0 Å². The van der Waals surface area contributed by atoms with Crippen LogP contribution in [0.2, 0.25) is 0 Å². The van der Waals surface area contributed by atoms with Crippen LogP contribution < -0.4 is 4.74 Å². The van der Waals surface area contributed by atoms with Gasteiger partial charge < -0.3 is 9.47 Å². The van der Waals surface area contributed by atoms with Crippen molar-refractivity contribution in [3.8, 4) is 5.75 Å². The summed E-state index contributed by atoms with van der Waals surface area (Å²) in [6, 6.07) is 11.8. The monoisotopic (exact) mass is 407 g/mol. The van der Waals surface area contributed by atoms with E-state index in [4.69, 9.17) is 4.74 Å². The van der Waals surface area contributed by atoms with Crippen molar-refractivity contribution in [2.75, 3.05) is 14.2 Å². The van der Waals surface area contributed by atoms with E-state index >= 15 is 0 Å². The molecular weight excluding hydrogens is 382 g/mol. The average molecular weight is 408 g/mol. The molecule has 0 amide bonds. The van der Waals surface area contributed by atoms with Gasteiger partial charge in [-0.3, -0.25) is 9.78 Å². The van der Waals surface area contributed by atoms with Gasteiger partial charge in [0.25, 0.3) is 0 Å². The van der Waals surface area contributed by atoms with E-state index in [1.165, 1.54) is 18.4 Å². The third-order valence-corrected chi connectivity index (χ3v) is 4.38. The van der Waals surface area contributed by atoms with E-state index < -0.39 is 0 Å². The number of benzene rings is 1. The number of halogens is 1. The predicted octanol–water partition coefficient (Wildman–Crippen LogP) is 4.38. The first kappa shape index (κ1) is 21.2. The zero-order valence-electron chi connectivity index (χ0n) is 15.3. The fourth-order valence-corrected chi connectivity index (χ4v) is 2.61. The summed E-state index contributed by atoms with van der Waals surface area (Å²) in [6.07, 6.45) is 4.68. The fraction of sp³-hybridized carbons (Fsp3) is 0.400. The number of alkyl halides is 1. The average Bonchev–Trinajstić information content (AvgIpc) is 2.68. The maximum absolute atomic E-state index is 11.1. The summed E-state index contributed by atoms with van der Waals surface area (Å²) in [4.78, 5) is 15.1. The Balaban J connectivity index is 0.000000271. The minimum atomic E-state index is -0.295. The molecule has 0 N–H and O–H groups in total. The molecule has 136 valence electrons. The number of rotatable bonds is 6. The number of aromatic nitrogens is 1. The Morgan fingerprint density at radius 2 is 1.68 bits per heavy atom. The largest absolute Gasteiger partial charge is 0.497 e. The number of hydrogen-bond donors (Lipinski definition) is 0. The van der Waals surface area contributed by atoms with Crippen molar-refractivity contribution in [2.45, 2.75) is 37.9 Å². The highest BCUT2D eigenvalue weighted by Crippen LogP contribution is 2.15. The molecular formula is C20H26BrNO3. The molecule has 4 nitrogen and oxygen atoms in total. The van der Waals surface area contributed by atoms with Crippen LogP contribution in [0.4, 0.5) is 0 Å². The molecule has 1 aromatic heterocycles. The Bertz CT molecular complexity index is 603. The van der Waals surface area contributed by atoms with Crippen molar-refractivity contribution in [3.63, 3.8) is 0 Å². The van der Waals surface area contributed by atoms with Crippen LogP contribution in [0, 0.1) is 0 Å². The van der Waals surface area contributed by atoms with Gasteiger partial charge in [0.15, 0.2) is 0 Å². The standard InChI is InChI=1S/C11H13BrO3.C9H13N/c1-14-9-5-3-8(4-6-9)7-10(12)11(13)15-2;1-3-8-5-6-9(4-2)10-7-8/h3-6,10H,7H2,1-2H3;5-7H,3-4H2,1-2H3. The molecule has 0 saturated heterocycles. The Hall–Kier alpha value is -1.88. The molecule has 0 spiro atoms. The van der Waals surface area contributed by atoms with Gasteiger partial charge in [-0.15, -0.1) is 0 Å². The molecule has 1 aromatic carbocycles. The normalized spacial score (nSPS) is 11.1. The molecule has 5 heteroatoms. The van der Waals surface area contributed by atoms with Crippen LogP contribution >= 0.6 is 15.9 Å². The van der Waals surface area contributed by atoms with Crippen LogP contribution in [0.25, 0.3) is 0 Å². The van der Waals surface area contributed by atoms with Gasteiger partial charge in [-0.25, -0.2) is 0 Å². The molecule has 25 heavy (non-hydrogen) atoms. The predicted molar refractivity (Wildman–Crippen MR) is 104 cm³/mol. The highest BCUT2D eigenvalue weighted by molar-refractivity contribution is 9.10. The number of carbonyl (C=O) groups is 1. The number of ether oxygens (including phenoxy) is 2. The van der Waals surface area contributed by atoms with E-state index in [2.05, 4.69) is 51.6 Å². The number of methoxy groups -OCH3 is 2. The molecule has 0 saturated carbocycles. The first-order valence-corrected chi connectivity index (χ1v) is 9.24. The molecule has 0 bridgehead atoms. The summed E-state index contributed by atoms with van der Waals surface area (Å²) in [5, 5.41) is 0. The molecule has 0 radical (unpaired) electrons. The highest BCUT2D eigenvalue weighted by Gasteiger charge is 2.15. The van der Waals surface area contributed by atoms with E-state index in [0.717, 1.165) is 24.2 Å². The van der Waals surface area contributed by atoms with Gasteiger partial charge in [0.2, 0.25) is 0 Å². The Kier molecular flexibility index (Phi) is 9.85. The lowest BCUT2D eigenvalue weighted by Gasteiger charge is -2.07. The summed E-state index contributed by atoms with van der Waals surface area (Å²) in [5.74, 6) is 0.550. The molecule has 1 unspecified atom stereocenters. The fourth-order valence-electron chi connectivity index (χ4n) is 2.05.